The van der Waals surface area contributed by atoms with E-state index in [4.69, 9.17) is 5.73 Å². The van der Waals surface area contributed by atoms with Crippen LogP contribution in [0.3, 0.4) is 0 Å². The molecule has 1 aromatic carbocycles. The Morgan fingerprint density at radius 2 is 1.84 bits per heavy atom. The second kappa shape index (κ2) is 7.08. The van der Waals surface area contributed by atoms with Gasteiger partial charge in [-0.15, -0.1) is 11.3 Å². The molecule has 3 N–H and O–H groups in total. The van der Waals surface area contributed by atoms with Gasteiger partial charge in [0.1, 0.15) is 0 Å². The molecule has 4 nitrogen and oxygen atoms in total. The Morgan fingerprint density at radius 1 is 1.12 bits per heavy atom. The van der Waals surface area contributed by atoms with Crippen LogP contribution in [-0.2, 0) is 4.79 Å². The van der Waals surface area contributed by atoms with Crippen molar-refractivity contribution in [3.05, 3.63) is 60.4 Å². The highest BCUT2D eigenvalue weighted by Crippen LogP contribution is 2.42. The molecule has 0 fully saturated rings. The molecule has 0 spiro atoms. The van der Waals surface area contributed by atoms with Crippen molar-refractivity contribution in [2.45, 2.75) is 13.0 Å². The lowest BCUT2D eigenvalue weighted by atomic mass is 10.0. The molecule has 0 saturated heterocycles. The summed E-state index contributed by atoms with van der Waals surface area (Å²) in [6, 6.07) is 8.42. The molecule has 7 heteroatoms. The smallest absolute Gasteiger partial charge is 0.241 e. The molecule has 0 radical (unpaired) electrons. The van der Waals surface area contributed by atoms with Crippen LogP contribution in [0.5, 0.6) is 0 Å². The number of pyridine rings is 1. The summed E-state index contributed by atoms with van der Waals surface area (Å²) in [7, 11) is 0. The van der Waals surface area contributed by atoms with Gasteiger partial charge >= 0.3 is 0 Å². The van der Waals surface area contributed by atoms with Gasteiger partial charge < -0.3 is 11.1 Å². The normalized spacial score (nSPS) is 12.0. The summed E-state index contributed by atoms with van der Waals surface area (Å²) in [5, 5.41) is 3.32. The number of nitrogens with one attached hydrogen (secondary N) is 1. The summed E-state index contributed by atoms with van der Waals surface area (Å²) in [6.07, 6.45) is 3.29. The van der Waals surface area contributed by atoms with Gasteiger partial charge in [-0.3, -0.25) is 9.78 Å². The maximum absolute atomic E-state index is 13.7. The van der Waals surface area contributed by atoms with Crippen molar-refractivity contribution in [2.24, 2.45) is 5.73 Å². The van der Waals surface area contributed by atoms with E-state index in [0.717, 1.165) is 22.6 Å². The molecule has 0 bridgehead atoms. The maximum atomic E-state index is 13.7. The van der Waals surface area contributed by atoms with Gasteiger partial charge in [0, 0.05) is 22.8 Å². The molecule has 0 aliphatic rings. The van der Waals surface area contributed by atoms with Crippen molar-refractivity contribution in [1.82, 2.24) is 4.98 Å². The second-order valence-corrected chi connectivity index (χ2v) is 6.55. The topological polar surface area (TPSA) is 68.0 Å². The van der Waals surface area contributed by atoms with Gasteiger partial charge in [0.25, 0.3) is 0 Å². The number of amides is 1. The molecule has 1 atom stereocenters. The van der Waals surface area contributed by atoms with Crippen molar-refractivity contribution >= 4 is 22.2 Å². The molecule has 1 amide bonds. The molecule has 3 rings (SSSR count). The molecule has 2 heterocycles. The molecule has 128 valence electrons. The molecular weight excluding hydrogens is 344 g/mol. The molecule has 2 aromatic heterocycles. The van der Waals surface area contributed by atoms with Crippen molar-refractivity contribution in [3.8, 4) is 21.6 Å². The highest BCUT2D eigenvalue weighted by atomic mass is 32.1. The summed E-state index contributed by atoms with van der Waals surface area (Å²) in [4.78, 5) is 16.7. The zero-order valence-electron chi connectivity index (χ0n) is 13.3. The van der Waals surface area contributed by atoms with E-state index < -0.39 is 17.7 Å². The number of hydrogen-bond donors (Lipinski definition) is 2. The van der Waals surface area contributed by atoms with Crippen molar-refractivity contribution in [1.29, 1.82) is 0 Å². The van der Waals surface area contributed by atoms with E-state index in [0.29, 0.717) is 16.1 Å². The first-order valence-electron chi connectivity index (χ1n) is 7.52. The van der Waals surface area contributed by atoms with Gasteiger partial charge in [-0.25, -0.2) is 8.78 Å². The van der Waals surface area contributed by atoms with Crippen LogP contribution in [0.25, 0.3) is 21.6 Å². The number of hydrogen-bond acceptors (Lipinski definition) is 4. The third-order valence-electron chi connectivity index (χ3n) is 3.57. The van der Waals surface area contributed by atoms with Crippen LogP contribution in [-0.4, -0.2) is 16.9 Å². The lowest BCUT2D eigenvalue weighted by molar-refractivity contribution is -0.117. The Balaban J connectivity index is 2.10. The molecule has 3 aromatic rings. The van der Waals surface area contributed by atoms with Crippen LogP contribution in [0.15, 0.2) is 48.8 Å². The average molecular weight is 359 g/mol. The zero-order chi connectivity index (χ0) is 18.0. The average Bonchev–Trinajstić information content (AvgIpc) is 3.02. The molecule has 0 aliphatic carbocycles. The third-order valence-corrected chi connectivity index (χ3v) is 4.66. The van der Waals surface area contributed by atoms with E-state index in [1.807, 2.05) is 12.1 Å². The lowest BCUT2D eigenvalue weighted by Crippen LogP contribution is -2.32. The fourth-order valence-corrected chi connectivity index (χ4v) is 3.37. The maximum Gasteiger partial charge on any atom is 0.241 e. The van der Waals surface area contributed by atoms with Gasteiger partial charge in [-0.05, 0) is 48.4 Å². The third kappa shape index (κ3) is 3.72. The summed E-state index contributed by atoms with van der Waals surface area (Å²) in [5.74, 6) is -2.15. The van der Waals surface area contributed by atoms with Crippen LogP contribution in [0.4, 0.5) is 13.8 Å². The number of halogens is 2. The van der Waals surface area contributed by atoms with Gasteiger partial charge in [0.15, 0.2) is 11.6 Å². The van der Waals surface area contributed by atoms with E-state index in [1.165, 1.54) is 17.4 Å². The second-order valence-electron chi connectivity index (χ2n) is 5.50. The first kappa shape index (κ1) is 17.2. The summed E-state index contributed by atoms with van der Waals surface area (Å²) in [6.45, 7) is 1.59. The minimum Gasteiger partial charge on any atom is -0.320 e. The van der Waals surface area contributed by atoms with Crippen LogP contribution < -0.4 is 11.1 Å². The van der Waals surface area contributed by atoms with Crippen molar-refractivity contribution in [2.75, 3.05) is 5.32 Å². The number of thiophene rings is 1. The molecule has 25 heavy (non-hydrogen) atoms. The summed E-state index contributed by atoms with van der Waals surface area (Å²) < 4.78 is 26.9. The standard InChI is InChI=1S/C18H15F2N3OS/c1-10(21)18(24)23-16-9-13(12-2-3-14(19)15(20)8-12)17(25-16)11-4-6-22-7-5-11/h2-10H,21H2,1H3,(H,23,24)/t10-/m0/s1. The number of rotatable bonds is 4. The van der Waals surface area contributed by atoms with Gasteiger partial charge in [-0.1, -0.05) is 6.07 Å². The van der Waals surface area contributed by atoms with Crippen LogP contribution in [0.2, 0.25) is 0 Å². The minimum absolute atomic E-state index is 0.320. The Kier molecular flexibility index (Phi) is 4.87. The van der Waals surface area contributed by atoms with Crippen LogP contribution >= 0.6 is 11.3 Å². The Bertz CT molecular complexity index is 910. The van der Waals surface area contributed by atoms with E-state index in [-0.39, 0.29) is 5.91 Å². The lowest BCUT2D eigenvalue weighted by Gasteiger charge is -2.04. The zero-order valence-corrected chi connectivity index (χ0v) is 14.1. The SMILES string of the molecule is C[C@H](N)C(=O)Nc1cc(-c2ccc(F)c(F)c2)c(-c2ccncc2)s1. The monoisotopic (exact) mass is 359 g/mol. The Labute approximate surface area is 147 Å². The van der Waals surface area contributed by atoms with Crippen molar-refractivity contribution < 1.29 is 13.6 Å². The highest BCUT2D eigenvalue weighted by molar-refractivity contribution is 7.20. The predicted molar refractivity (Wildman–Crippen MR) is 95.2 cm³/mol. The summed E-state index contributed by atoms with van der Waals surface area (Å²) >= 11 is 1.33. The number of nitrogens with two attached hydrogens (primary N) is 1. The fourth-order valence-electron chi connectivity index (χ4n) is 2.28. The molecule has 0 unspecified atom stereocenters. The van der Waals surface area contributed by atoms with Gasteiger partial charge in [0.2, 0.25) is 5.91 Å². The van der Waals surface area contributed by atoms with E-state index in [9.17, 15) is 13.6 Å². The Morgan fingerprint density at radius 3 is 2.48 bits per heavy atom. The highest BCUT2D eigenvalue weighted by Gasteiger charge is 2.17. The minimum atomic E-state index is -0.925. The van der Waals surface area contributed by atoms with E-state index in [1.54, 1.807) is 25.4 Å². The Hall–Kier alpha value is -2.64. The number of nitrogens with zero attached hydrogens (tertiary/aromatic N) is 1. The number of benzene rings is 1. The molecule has 0 saturated carbocycles. The van der Waals surface area contributed by atoms with Crippen LogP contribution in [0, 0.1) is 11.6 Å². The quantitative estimate of drug-likeness (QED) is 0.739. The number of anilines is 1. The van der Waals surface area contributed by atoms with Crippen LogP contribution in [0.1, 0.15) is 6.92 Å². The predicted octanol–water partition coefficient (Wildman–Crippen LogP) is 4.04. The number of carbonyl (C=O) groups is 1. The van der Waals surface area contributed by atoms with Gasteiger partial charge in [0.05, 0.1) is 11.0 Å². The largest absolute Gasteiger partial charge is 0.320 e. The number of carbonyl (C=O) groups excluding carboxylic acids is 1. The van der Waals surface area contributed by atoms with E-state index in [2.05, 4.69) is 10.3 Å². The van der Waals surface area contributed by atoms with Gasteiger partial charge in [-0.2, -0.15) is 0 Å². The fraction of sp³-hybridized carbons (Fsp3) is 0.111. The molecule has 0 aliphatic heterocycles. The van der Waals surface area contributed by atoms with E-state index >= 15 is 0 Å². The molecular formula is C18H15F2N3OS. The summed E-state index contributed by atoms with van der Waals surface area (Å²) in [5.41, 5.74) is 7.65. The first-order valence-corrected chi connectivity index (χ1v) is 8.33. The van der Waals surface area contributed by atoms with Crippen molar-refractivity contribution in [3.63, 3.8) is 0 Å². The first-order chi connectivity index (χ1) is 12.0. The number of aromatic nitrogens is 1.